The number of rotatable bonds is 6. The van der Waals surface area contributed by atoms with Crippen molar-refractivity contribution in [2.45, 2.75) is 45.6 Å². The van der Waals surface area contributed by atoms with Gasteiger partial charge in [0.05, 0.1) is 6.42 Å². The Morgan fingerprint density at radius 2 is 1.95 bits per heavy atom. The molecule has 0 radical (unpaired) electrons. The number of para-hydroxylation sites is 1. The van der Waals surface area contributed by atoms with Crippen LogP contribution in [-0.2, 0) is 16.0 Å². The van der Waals surface area contributed by atoms with Gasteiger partial charge in [-0.3, -0.25) is 9.59 Å². The number of hydrogen-bond acceptors (Lipinski definition) is 2. The number of aliphatic carboxylic acids is 1. The van der Waals surface area contributed by atoms with Gasteiger partial charge >= 0.3 is 5.97 Å². The van der Waals surface area contributed by atoms with E-state index in [-0.39, 0.29) is 18.7 Å². The summed E-state index contributed by atoms with van der Waals surface area (Å²) in [6.45, 7) is 5.64. The number of aryl methyl sites for hydroxylation is 1. The fourth-order valence-electron chi connectivity index (χ4n) is 2.63. The lowest BCUT2D eigenvalue weighted by molar-refractivity contribution is -0.137. The first-order valence-corrected chi connectivity index (χ1v) is 7.37. The Labute approximate surface area is 129 Å². The van der Waals surface area contributed by atoms with E-state index in [0.717, 1.165) is 22.2 Å². The zero-order chi connectivity index (χ0) is 16.3. The molecule has 0 atom stereocenters. The summed E-state index contributed by atoms with van der Waals surface area (Å²) >= 11 is 0. The Hall–Kier alpha value is -2.30. The first-order valence-electron chi connectivity index (χ1n) is 7.37. The molecule has 0 saturated carbocycles. The van der Waals surface area contributed by atoms with Gasteiger partial charge in [-0.05, 0) is 38.8 Å². The summed E-state index contributed by atoms with van der Waals surface area (Å²) < 4.78 is 0. The van der Waals surface area contributed by atoms with Crippen LogP contribution in [0.3, 0.4) is 0 Å². The van der Waals surface area contributed by atoms with Crippen molar-refractivity contribution >= 4 is 22.8 Å². The van der Waals surface area contributed by atoms with E-state index < -0.39 is 11.5 Å². The number of benzene rings is 1. The van der Waals surface area contributed by atoms with Crippen LogP contribution in [0, 0.1) is 6.92 Å². The van der Waals surface area contributed by atoms with Crippen molar-refractivity contribution in [3.63, 3.8) is 0 Å². The minimum absolute atomic E-state index is 0.0411. The summed E-state index contributed by atoms with van der Waals surface area (Å²) in [5, 5.41) is 12.7. The van der Waals surface area contributed by atoms with Crippen molar-refractivity contribution in [1.82, 2.24) is 10.3 Å². The molecule has 1 heterocycles. The number of hydrogen-bond donors (Lipinski definition) is 3. The fourth-order valence-corrected chi connectivity index (χ4v) is 2.63. The highest BCUT2D eigenvalue weighted by Gasteiger charge is 2.22. The number of carboxylic acids is 1. The number of carboxylic acid groups (broad SMARTS) is 1. The van der Waals surface area contributed by atoms with Gasteiger partial charge in [0.25, 0.3) is 0 Å². The van der Waals surface area contributed by atoms with Crippen LogP contribution in [-0.4, -0.2) is 27.5 Å². The van der Waals surface area contributed by atoms with E-state index in [1.807, 2.05) is 45.0 Å². The summed E-state index contributed by atoms with van der Waals surface area (Å²) in [7, 11) is 0. The topological polar surface area (TPSA) is 82.2 Å². The zero-order valence-corrected chi connectivity index (χ0v) is 13.2. The summed E-state index contributed by atoms with van der Waals surface area (Å²) in [5.74, 6) is -0.946. The van der Waals surface area contributed by atoms with Gasteiger partial charge in [-0.1, -0.05) is 18.2 Å². The van der Waals surface area contributed by atoms with E-state index in [2.05, 4.69) is 10.3 Å². The van der Waals surface area contributed by atoms with Crippen molar-refractivity contribution in [2.24, 2.45) is 0 Å². The van der Waals surface area contributed by atoms with Gasteiger partial charge in [0.15, 0.2) is 0 Å². The molecule has 0 aliphatic carbocycles. The molecule has 0 aliphatic heterocycles. The minimum Gasteiger partial charge on any atom is -0.481 e. The van der Waals surface area contributed by atoms with E-state index in [0.29, 0.717) is 6.42 Å². The Morgan fingerprint density at radius 1 is 1.27 bits per heavy atom. The fraction of sp³-hybridized carbons (Fsp3) is 0.412. The summed E-state index contributed by atoms with van der Waals surface area (Å²) in [6, 6.07) is 7.89. The zero-order valence-electron chi connectivity index (χ0n) is 13.2. The molecule has 5 heteroatoms. The van der Waals surface area contributed by atoms with Crippen molar-refractivity contribution in [1.29, 1.82) is 0 Å². The van der Waals surface area contributed by atoms with Crippen molar-refractivity contribution in [3.8, 4) is 0 Å². The van der Waals surface area contributed by atoms with Crippen LogP contribution in [0.4, 0.5) is 0 Å². The third-order valence-electron chi connectivity index (χ3n) is 3.81. The highest BCUT2D eigenvalue weighted by molar-refractivity contribution is 5.90. The molecule has 0 aliphatic rings. The van der Waals surface area contributed by atoms with Crippen LogP contribution < -0.4 is 5.32 Å². The maximum Gasteiger partial charge on any atom is 0.303 e. The van der Waals surface area contributed by atoms with E-state index in [9.17, 15) is 9.59 Å². The molecular formula is C17H22N2O3. The second-order valence-corrected chi connectivity index (χ2v) is 6.28. The van der Waals surface area contributed by atoms with E-state index >= 15 is 0 Å². The largest absolute Gasteiger partial charge is 0.481 e. The maximum absolute atomic E-state index is 12.3. The smallest absolute Gasteiger partial charge is 0.303 e. The molecule has 1 aromatic heterocycles. The molecule has 0 spiro atoms. The van der Waals surface area contributed by atoms with E-state index in [1.165, 1.54) is 0 Å². The molecule has 118 valence electrons. The lowest BCUT2D eigenvalue weighted by Gasteiger charge is -2.25. The number of fused-ring (bicyclic) bond motifs is 1. The molecule has 0 saturated heterocycles. The number of aromatic amines is 1. The average molecular weight is 302 g/mol. The van der Waals surface area contributed by atoms with Crippen molar-refractivity contribution in [2.75, 3.05) is 0 Å². The van der Waals surface area contributed by atoms with Crippen molar-refractivity contribution in [3.05, 3.63) is 35.5 Å². The molecule has 2 rings (SSSR count). The standard InChI is InChI=1S/C17H22N2O3/c1-11-13(12-6-4-5-7-14(12)18-11)10-15(20)19-17(2,3)9-8-16(21)22/h4-7,18H,8-10H2,1-3H3,(H,19,20)(H,21,22). The summed E-state index contributed by atoms with van der Waals surface area (Å²) in [6.07, 6.45) is 0.729. The van der Waals surface area contributed by atoms with Crippen LogP contribution in [0.15, 0.2) is 24.3 Å². The highest BCUT2D eigenvalue weighted by Crippen LogP contribution is 2.22. The molecule has 0 bridgehead atoms. The normalized spacial score (nSPS) is 11.6. The van der Waals surface area contributed by atoms with Gasteiger partial charge in [-0.15, -0.1) is 0 Å². The average Bonchev–Trinajstić information content (AvgIpc) is 2.73. The number of amides is 1. The Morgan fingerprint density at radius 3 is 2.64 bits per heavy atom. The second-order valence-electron chi connectivity index (χ2n) is 6.28. The summed E-state index contributed by atoms with van der Waals surface area (Å²) in [4.78, 5) is 26.2. The van der Waals surface area contributed by atoms with Gasteiger partial charge in [0.2, 0.25) is 5.91 Å². The lowest BCUT2D eigenvalue weighted by atomic mass is 9.97. The third-order valence-corrected chi connectivity index (χ3v) is 3.81. The van der Waals surface area contributed by atoms with Gasteiger partial charge < -0.3 is 15.4 Å². The molecule has 1 amide bonds. The Balaban J connectivity index is 2.08. The van der Waals surface area contributed by atoms with Gasteiger partial charge in [0, 0.05) is 28.6 Å². The number of nitrogens with one attached hydrogen (secondary N) is 2. The maximum atomic E-state index is 12.3. The Bertz CT molecular complexity index is 701. The van der Waals surface area contributed by atoms with Crippen LogP contribution in [0.5, 0.6) is 0 Å². The van der Waals surface area contributed by atoms with Gasteiger partial charge in [0.1, 0.15) is 0 Å². The minimum atomic E-state index is -0.852. The van der Waals surface area contributed by atoms with E-state index in [4.69, 9.17) is 5.11 Å². The van der Waals surface area contributed by atoms with Crippen LogP contribution in [0.25, 0.3) is 10.9 Å². The molecule has 0 fully saturated rings. The molecular weight excluding hydrogens is 280 g/mol. The predicted molar refractivity (Wildman–Crippen MR) is 85.8 cm³/mol. The molecule has 22 heavy (non-hydrogen) atoms. The highest BCUT2D eigenvalue weighted by atomic mass is 16.4. The van der Waals surface area contributed by atoms with Crippen molar-refractivity contribution < 1.29 is 14.7 Å². The molecule has 2 aromatic rings. The molecule has 1 aromatic carbocycles. The predicted octanol–water partition coefficient (Wildman–Crippen LogP) is 2.78. The third kappa shape index (κ3) is 3.87. The van der Waals surface area contributed by atoms with Gasteiger partial charge in [-0.25, -0.2) is 0 Å². The number of aromatic nitrogens is 1. The number of H-pyrrole nitrogens is 1. The molecule has 5 nitrogen and oxygen atoms in total. The molecule has 3 N–H and O–H groups in total. The van der Waals surface area contributed by atoms with Crippen LogP contribution in [0.2, 0.25) is 0 Å². The first-order chi connectivity index (χ1) is 10.3. The lowest BCUT2D eigenvalue weighted by Crippen LogP contribution is -2.44. The van der Waals surface area contributed by atoms with Crippen LogP contribution in [0.1, 0.15) is 37.9 Å². The number of carbonyl (C=O) groups excluding carboxylic acids is 1. The Kier molecular flexibility index (Phi) is 4.54. The summed E-state index contributed by atoms with van der Waals surface area (Å²) in [5.41, 5.74) is 2.46. The monoisotopic (exact) mass is 302 g/mol. The SMILES string of the molecule is Cc1[nH]c2ccccc2c1CC(=O)NC(C)(C)CCC(=O)O. The number of carbonyl (C=O) groups is 2. The van der Waals surface area contributed by atoms with E-state index in [1.54, 1.807) is 0 Å². The second kappa shape index (κ2) is 6.22. The molecule has 0 unspecified atom stereocenters. The van der Waals surface area contributed by atoms with Gasteiger partial charge in [-0.2, -0.15) is 0 Å². The first kappa shape index (κ1) is 16.1. The quantitative estimate of drug-likeness (QED) is 0.767. The van der Waals surface area contributed by atoms with Crippen LogP contribution >= 0.6 is 0 Å².